The average Bonchev–Trinajstić information content (AvgIpc) is 3.13. The molecule has 2 aromatic rings. The third-order valence-corrected chi connectivity index (χ3v) is 4.09. The molecule has 0 aliphatic carbocycles. The fraction of sp³-hybridized carbons (Fsp3) is 0.500. The number of hydrogen-bond acceptors (Lipinski definition) is 3. The Morgan fingerprint density at radius 1 is 1.35 bits per heavy atom. The van der Waals surface area contributed by atoms with Crippen LogP contribution in [0.4, 0.5) is 0 Å². The lowest BCUT2D eigenvalue weighted by Crippen LogP contribution is -2.38. The van der Waals surface area contributed by atoms with Crippen LogP contribution in [-0.4, -0.2) is 42.5 Å². The van der Waals surface area contributed by atoms with Crippen LogP contribution in [0, 0.1) is 12.8 Å². The summed E-state index contributed by atoms with van der Waals surface area (Å²) in [6.45, 7) is 9.63. The molecular formula is C20H31N5O. The first-order valence-electron chi connectivity index (χ1n) is 9.25. The molecular weight excluding hydrogens is 326 g/mol. The van der Waals surface area contributed by atoms with Crippen LogP contribution in [0.1, 0.15) is 25.0 Å². The van der Waals surface area contributed by atoms with Crippen LogP contribution in [0.5, 0.6) is 5.75 Å². The fourth-order valence-corrected chi connectivity index (χ4v) is 2.79. The van der Waals surface area contributed by atoms with Crippen LogP contribution in [0.15, 0.2) is 41.7 Å². The molecule has 0 spiro atoms. The standard InChI is InChI=1S/C20H31N5O/c1-5-21-20(23-14-17(3)15-25-12-6-10-24-25)22-11-9-18-13-16(2)7-8-19(18)26-4/h6-8,10,12-13,17H,5,9,11,14-15H2,1-4H3,(H2,21,22,23). The summed E-state index contributed by atoms with van der Waals surface area (Å²) in [4.78, 5) is 4.71. The Kier molecular flexibility index (Phi) is 7.99. The molecule has 6 nitrogen and oxygen atoms in total. The number of guanidine groups is 1. The summed E-state index contributed by atoms with van der Waals surface area (Å²) in [6, 6.07) is 8.22. The molecule has 0 radical (unpaired) electrons. The number of rotatable bonds is 9. The number of nitrogens with zero attached hydrogens (tertiary/aromatic N) is 3. The van der Waals surface area contributed by atoms with E-state index in [1.165, 1.54) is 11.1 Å². The van der Waals surface area contributed by atoms with Crippen LogP contribution in [0.2, 0.25) is 0 Å². The molecule has 0 saturated heterocycles. The first kappa shape index (κ1) is 19.8. The average molecular weight is 358 g/mol. The van der Waals surface area contributed by atoms with Crippen molar-refractivity contribution in [2.24, 2.45) is 10.9 Å². The van der Waals surface area contributed by atoms with Gasteiger partial charge in [0, 0.05) is 38.6 Å². The minimum Gasteiger partial charge on any atom is -0.496 e. The van der Waals surface area contributed by atoms with E-state index in [-0.39, 0.29) is 0 Å². The van der Waals surface area contributed by atoms with Crippen LogP contribution in [-0.2, 0) is 13.0 Å². The van der Waals surface area contributed by atoms with Crippen LogP contribution >= 0.6 is 0 Å². The molecule has 0 bridgehead atoms. The smallest absolute Gasteiger partial charge is 0.191 e. The summed E-state index contributed by atoms with van der Waals surface area (Å²) in [7, 11) is 1.72. The predicted molar refractivity (Wildman–Crippen MR) is 107 cm³/mol. The van der Waals surface area contributed by atoms with Gasteiger partial charge < -0.3 is 15.4 Å². The molecule has 0 aliphatic rings. The quantitative estimate of drug-likeness (QED) is 0.535. The summed E-state index contributed by atoms with van der Waals surface area (Å²) in [5, 5.41) is 11.0. The SMILES string of the molecule is CCNC(=NCC(C)Cn1cccn1)NCCc1cc(C)ccc1OC. The third kappa shape index (κ3) is 6.43. The molecule has 0 fully saturated rings. The van der Waals surface area contributed by atoms with Crippen molar-refractivity contribution < 1.29 is 4.74 Å². The minimum absolute atomic E-state index is 0.419. The number of ether oxygens (including phenoxy) is 1. The molecule has 1 heterocycles. The highest BCUT2D eigenvalue weighted by Gasteiger charge is 2.06. The van der Waals surface area contributed by atoms with E-state index in [0.29, 0.717) is 5.92 Å². The molecule has 0 amide bonds. The summed E-state index contributed by atoms with van der Waals surface area (Å²) >= 11 is 0. The van der Waals surface area contributed by atoms with Gasteiger partial charge in [0.2, 0.25) is 0 Å². The number of aryl methyl sites for hydroxylation is 1. The lowest BCUT2D eigenvalue weighted by molar-refractivity contribution is 0.409. The largest absolute Gasteiger partial charge is 0.496 e. The summed E-state index contributed by atoms with van der Waals surface area (Å²) < 4.78 is 7.40. The second kappa shape index (κ2) is 10.5. The van der Waals surface area contributed by atoms with Crippen molar-refractivity contribution in [1.29, 1.82) is 0 Å². The number of benzene rings is 1. The van der Waals surface area contributed by atoms with Crippen molar-refractivity contribution >= 4 is 5.96 Å². The van der Waals surface area contributed by atoms with Gasteiger partial charge in [-0.15, -0.1) is 0 Å². The van der Waals surface area contributed by atoms with Crippen molar-refractivity contribution in [3.8, 4) is 5.75 Å². The van der Waals surface area contributed by atoms with E-state index in [4.69, 9.17) is 9.73 Å². The molecule has 0 aliphatic heterocycles. The maximum Gasteiger partial charge on any atom is 0.191 e. The predicted octanol–water partition coefficient (Wildman–Crippen LogP) is 2.63. The Labute approximate surface area is 156 Å². The molecule has 2 N–H and O–H groups in total. The fourth-order valence-electron chi connectivity index (χ4n) is 2.79. The molecule has 142 valence electrons. The van der Waals surface area contributed by atoms with Gasteiger partial charge in [0.05, 0.1) is 7.11 Å². The zero-order chi connectivity index (χ0) is 18.8. The highest BCUT2D eigenvalue weighted by Crippen LogP contribution is 2.19. The number of aromatic nitrogens is 2. The van der Waals surface area contributed by atoms with Crippen molar-refractivity contribution in [3.63, 3.8) is 0 Å². The molecule has 1 atom stereocenters. The van der Waals surface area contributed by atoms with E-state index >= 15 is 0 Å². The lowest BCUT2D eigenvalue weighted by atomic mass is 10.1. The van der Waals surface area contributed by atoms with Gasteiger partial charge in [-0.05, 0) is 43.9 Å². The molecule has 6 heteroatoms. The summed E-state index contributed by atoms with van der Waals surface area (Å²) in [5.74, 6) is 2.21. The van der Waals surface area contributed by atoms with Crippen molar-refractivity contribution in [1.82, 2.24) is 20.4 Å². The van der Waals surface area contributed by atoms with E-state index in [1.807, 2.05) is 23.0 Å². The van der Waals surface area contributed by atoms with Gasteiger partial charge >= 0.3 is 0 Å². The highest BCUT2D eigenvalue weighted by atomic mass is 16.5. The molecule has 26 heavy (non-hydrogen) atoms. The van der Waals surface area contributed by atoms with Gasteiger partial charge in [-0.1, -0.05) is 24.6 Å². The van der Waals surface area contributed by atoms with Gasteiger partial charge in [0.15, 0.2) is 5.96 Å². The molecule has 2 rings (SSSR count). The maximum atomic E-state index is 5.45. The number of aliphatic imine (C=N–C) groups is 1. The van der Waals surface area contributed by atoms with E-state index in [2.05, 4.69) is 48.6 Å². The maximum absolute atomic E-state index is 5.45. The van der Waals surface area contributed by atoms with E-state index in [0.717, 1.165) is 44.3 Å². The minimum atomic E-state index is 0.419. The zero-order valence-electron chi connectivity index (χ0n) is 16.3. The number of methoxy groups -OCH3 is 1. The van der Waals surface area contributed by atoms with Gasteiger partial charge in [0.1, 0.15) is 5.75 Å². The zero-order valence-corrected chi connectivity index (χ0v) is 16.3. The van der Waals surface area contributed by atoms with Crippen LogP contribution in [0.3, 0.4) is 0 Å². The lowest BCUT2D eigenvalue weighted by Gasteiger charge is -2.14. The van der Waals surface area contributed by atoms with Crippen molar-refractivity contribution in [3.05, 3.63) is 47.8 Å². The first-order chi connectivity index (χ1) is 12.6. The molecule has 1 aromatic heterocycles. The third-order valence-electron chi connectivity index (χ3n) is 4.09. The van der Waals surface area contributed by atoms with Crippen molar-refractivity contribution in [2.75, 3.05) is 26.7 Å². The normalized spacial score (nSPS) is 12.7. The molecule has 0 saturated carbocycles. The van der Waals surface area contributed by atoms with Gasteiger partial charge in [-0.2, -0.15) is 5.10 Å². The Balaban J connectivity index is 1.86. The molecule has 1 unspecified atom stereocenters. The second-order valence-electron chi connectivity index (χ2n) is 6.54. The first-order valence-corrected chi connectivity index (χ1v) is 9.25. The second-order valence-corrected chi connectivity index (χ2v) is 6.54. The van der Waals surface area contributed by atoms with Crippen LogP contribution < -0.4 is 15.4 Å². The monoisotopic (exact) mass is 357 g/mol. The molecule has 1 aromatic carbocycles. The van der Waals surface area contributed by atoms with E-state index in [1.54, 1.807) is 13.3 Å². The highest BCUT2D eigenvalue weighted by molar-refractivity contribution is 5.79. The Bertz CT molecular complexity index is 682. The Hall–Kier alpha value is -2.50. The Morgan fingerprint density at radius 2 is 2.19 bits per heavy atom. The van der Waals surface area contributed by atoms with E-state index < -0.39 is 0 Å². The number of nitrogens with one attached hydrogen (secondary N) is 2. The van der Waals surface area contributed by atoms with Gasteiger partial charge in [0.25, 0.3) is 0 Å². The van der Waals surface area contributed by atoms with Gasteiger partial charge in [-0.3, -0.25) is 9.67 Å². The summed E-state index contributed by atoms with van der Waals surface area (Å²) in [5.41, 5.74) is 2.46. The Morgan fingerprint density at radius 3 is 2.88 bits per heavy atom. The van der Waals surface area contributed by atoms with Gasteiger partial charge in [-0.25, -0.2) is 0 Å². The number of hydrogen-bond donors (Lipinski definition) is 2. The van der Waals surface area contributed by atoms with E-state index in [9.17, 15) is 0 Å². The van der Waals surface area contributed by atoms with Crippen molar-refractivity contribution in [2.45, 2.75) is 33.7 Å². The topological polar surface area (TPSA) is 63.5 Å². The summed E-state index contributed by atoms with van der Waals surface area (Å²) in [6.07, 6.45) is 4.68. The van der Waals surface area contributed by atoms with Crippen LogP contribution in [0.25, 0.3) is 0 Å².